The van der Waals surface area contributed by atoms with Crippen LogP contribution >= 0.6 is 0 Å². The highest BCUT2D eigenvalue weighted by Crippen LogP contribution is 2.36. The second-order valence-corrected chi connectivity index (χ2v) is 7.50. The van der Waals surface area contributed by atoms with Crippen molar-refractivity contribution in [2.24, 2.45) is 10.9 Å². The predicted molar refractivity (Wildman–Crippen MR) is 117 cm³/mol. The molecule has 0 fully saturated rings. The largest absolute Gasteiger partial charge is 0.256 e. The molecule has 0 radical (unpaired) electrons. The first-order chi connectivity index (χ1) is 12.5. The van der Waals surface area contributed by atoms with Gasteiger partial charge < -0.3 is 0 Å². The van der Waals surface area contributed by atoms with Gasteiger partial charge in [-0.1, -0.05) is 63.6 Å². The van der Waals surface area contributed by atoms with Gasteiger partial charge in [-0.05, 0) is 79.0 Å². The van der Waals surface area contributed by atoms with E-state index in [9.17, 15) is 0 Å². The first-order valence-corrected chi connectivity index (χ1v) is 9.86. The van der Waals surface area contributed by atoms with Crippen LogP contribution in [0.25, 0.3) is 11.1 Å². The van der Waals surface area contributed by atoms with E-state index < -0.39 is 0 Å². The maximum absolute atomic E-state index is 4.72. The van der Waals surface area contributed by atoms with Crippen LogP contribution in [0, 0.1) is 19.8 Å². The molecule has 26 heavy (non-hydrogen) atoms. The van der Waals surface area contributed by atoms with Crippen molar-refractivity contribution in [3.63, 3.8) is 0 Å². The molecule has 0 bridgehead atoms. The Labute approximate surface area is 159 Å². The smallest absolute Gasteiger partial charge is 0.0694 e. The third kappa shape index (κ3) is 4.72. The Morgan fingerprint density at radius 2 is 1.81 bits per heavy atom. The van der Waals surface area contributed by atoms with Crippen LogP contribution in [0.15, 0.2) is 47.5 Å². The van der Waals surface area contributed by atoms with E-state index in [1.165, 1.54) is 39.8 Å². The fourth-order valence-electron chi connectivity index (χ4n) is 3.59. The van der Waals surface area contributed by atoms with Crippen LogP contribution in [0.3, 0.4) is 0 Å². The van der Waals surface area contributed by atoms with E-state index in [1.54, 1.807) is 0 Å². The molecule has 0 atom stereocenters. The van der Waals surface area contributed by atoms with Gasteiger partial charge in [0.1, 0.15) is 0 Å². The highest BCUT2D eigenvalue weighted by molar-refractivity contribution is 5.81. The molecule has 0 unspecified atom stereocenters. The quantitative estimate of drug-likeness (QED) is 0.463. The Kier molecular flexibility index (Phi) is 7.38. The normalized spacial score (nSPS) is 12.0. The molecular weight excluding hydrogens is 314 g/mol. The van der Waals surface area contributed by atoms with Crippen molar-refractivity contribution in [2.75, 3.05) is 0 Å². The topological polar surface area (TPSA) is 12.4 Å². The maximum atomic E-state index is 4.72. The van der Waals surface area contributed by atoms with Gasteiger partial charge in [0.25, 0.3) is 0 Å². The average molecular weight is 348 g/mol. The number of hydrogen-bond acceptors (Lipinski definition) is 1. The molecule has 0 aromatic heterocycles. The second-order valence-electron chi connectivity index (χ2n) is 7.50. The molecule has 0 aliphatic heterocycles. The highest BCUT2D eigenvalue weighted by atomic mass is 14.7. The number of aryl methyl sites for hydroxylation is 1. The van der Waals surface area contributed by atoms with Crippen molar-refractivity contribution in [1.29, 1.82) is 0 Å². The van der Waals surface area contributed by atoms with Gasteiger partial charge in [-0.25, -0.2) is 0 Å². The molecule has 2 rings (SSSR count). The summed E-state index contributed by atoms with van der Waals surface area (Å²) in [5.41, 5.74) is 9.30. The summed E-state index contributed by atoms with van der Waals surface area (Å²) in [5, 5.41) is 0. The molecule has 0 aliphatic carbocycles. The lowest BCUT2D eigenvalue weighted by Crippen LogP contribution is -2.02. The molecule has 2 aromatic carbocycles. The zero-order valence-corrected chi connectivity index (χ0v) is 17.3. The fourth-order valence-corrected chi connectivity index (χ4v) is 3.59. The highest BCUT2D eigenvalue weighted by Gasteiger charge is 2.14. The van der Waals surface area contributed by atoms with Gasteiger partial charge in [-0.3, -0.25) is 4.99 Å². The maximum Gasteiger partial charge on any atom is 0.0694 e. The van der Waals surface area contributed by atoms with Gasteiger partial charge in [-0.15, -0.1) is 0 Å². The van der Waals surface area contributed by atoms with Crippen LogP contribution in [0.4, 0.5) is 5.69 Å². The minimum absolute atomic E-state index is 0.668. The van der Waals surface area contributed by atoms with Crippen LogP contribution in [-0.2, 0) is 12.8 Å². The van der Waals surface area contributed by atoms with Crippen molar-refractivity contribution in [3.8, 4) is 11.1 Å². The van der Waals surface area contributed by atoms with Gasteiger partial charge in [0.05, 0.1) is 5.69 Å². The molecule has 0 saturated carbocycles. The number of aliphatic imine (C=N–C) groups is 1. The fraction of sp³-hybridized carbons (Fsp3) is 0.400. The summed E-state index contributed by atoms with van der Waals surface area (Å²) in [6.45, 7) is 13.2. The lowest BCUT2D eigenvalue weighted by atomic mass is 9.87. The monoisotopic (exact) mass is 347 g/mol. The average Bonchev–Trinajstić information content (AvgIpc) is 2.59. The summed E-state index contributed by atoms with van der Waals surface area (Å²) in [5.74, 6) is 0.668. The van der Waals surface area contributed by atoms with Gasteiger partial charge >= 0.3 is 0 Å². The first-order valence-electron chi connectivity index (χ1n) is 9.86. The molecule has 0 aliphatic rings. The van der Waals surface area contributed by atoms with Crippen molar-refractivity contribution >= 4 is 11.9 Å². The van der Waals surface area contributed by atoms with E-state index in [4.69, 9.17) is 4.99 Å². The zero-order chi connectivity index (χ0) is 19.1. The summed E-state index contributed by atoms with van der Waals surface area (Å²) in [6, 6.07) is 11.3. The first kappa shape index (κ1) is 20.2. The molecule has 0 saturated heterocycles. The molecule has 1 heteroatoms. The van der Waals surface area contributed by atoms with E-state index in [0.29, 0.717) is 5.92 Å². The number of benzene rings is 2. The van der Waals surface area contributed by atoms with Crippen molar-refractivity contribution in [1.82, 2.24) is 0 Å². The lowest BCUT2D eigenvalue weighted by molar-refractivity contribution is 0.642. The zero-order valence-electron chi connectivity index (χ0n) is 17.3. The third-order valence-corrected chi connectivity index (χ3v) is 4.81. The third-order valence-electron chi connectivity index (χ3n) is 4.81. The van der Waals surface area contributed by atoms with Crippen molar-refractivity contribution in [3.05, 3.63) is 64.7 Å². The summed E-state index contributed by atoms with van der Waals surface area (Å²) in [7, 11) is 0. The number of hydrogen-bond donors (Lipinski definition) is 0. The van der Waals surface area contributed by atoms with Gasteiger partial charge in [0, 0.05) is 6.21 Å². The van der Waals surface area contributed by atoms with Gasteiger partial charge in [0.15, 0.2) is 0 Å². The van der Waals surface area contributed by atoms with Crippen LogP contribution < -0.4 is 0 Å². The Bertz CT molecular complexity index is 794. The Morgan fingerprint density at radius 1 is 1.04 bits per heavy atom. The standard InChI is InChI=1S/C25H33N/c1-7-9-16-26-25-19(5)14-15-22(20(25)6)24-13-10-12-21(17-18(3)4)23(24)11-8-2/h7,9-10,12-16,18H,8,11,17H2,1-6H3/b9-7-,26-16?. The second kappa shape index (κ2) is 9.52. The van der Waals surface area contributed by atoms with Crippen LogP contribution in [-0.4, -0.2) is 6.21 Å². The summed E-state index contributed by atoms with van der Waals surface area (Å²) >= 11 is 0. The summed E-state index contributed by atoms with van der Waals surface area (Å²) in [4.78, 5) is 4.72. The SMILES string of the molecule is C/C=C\C=Nc1c(C)ccc(-c2cccc(CC(C)C)c2CCC)c1C. The van der Waals surface area contributed by atoms with E-state index in [-0.39, 0.29) is 0 Å². The van der Waals surface area contributed by atoms with Crippen LogP contribution in [0.2, 0.25) is 0 Å². The summed E-state index contributed by atoms with van der Waals surface area (Å²) in [6.07, 6.45) is 9.31. The lowest BCUT2D eigenvalue weighted by Gasteiger charge is -2.19. The Balaban J connectivity index is 2.62. The van der Waals surface area contributed by atoms with E-state index in [1.807, 2.05) is 25.3 Å². The van der Waals surface area contributed by atoms with Crippen LogP contribution in [0.1, 0.15) is 56.4 Å². The Hall–Kier alpha value is -2.15. The molecule has 0 heterocycles. The van der Waals surface area contributed by atoms with E-state index >= 15 is 0 Å². The van der Waals surface area contributed by atoms with Gasteiger partial charge in [-0.2, -0.15) is 0 Å². The number of allylic oxidation sites excluding steroid dienone is 2. The molecule has 0 spiro atoms. The minimum Gasteiger partial charge on any atom is -0.256 e. The van der Waals surface area contributed by atoms with Gasteiger partial charge in [0.2, 0.25) is 0 Å². The predicted octanol–water partition coefficient (Wildman–Crippen LogP) is 7.40. The molecule has 0 amide bonds. The molecule has 138 valence electrons. The minimum atomic E-state index is 0.668. The molecule has 2 aromatic rings. The Morgan fingerprint density at radius 3 is 2.46 bits per heavy atom. The summed E-state index contributed by atoms with van der Waals surface area (Å²) < 4.78 is 0. The van der Waals surface area contributed by atoms with Crippen molar-refractivity contribution in [2.45, 2.75) is 60.8 Å². The van der Waals surface area contributed by atoms with E-state index in [2.05, 4.69) is 65.0 Å². The number of rotatable bonds is 7. The van der Waals surface area contributed by atoms with Crippen LogP contribution in [0.5, 0.6) is 0 Å². The molecular formula is C25H33N. The number of nitrogens with zero attached hydrogens (tertiary/aromatic N) is 1. The molecule has 0 N–H and O–H groups in total. The van der Waals surface area contributed by atoms with E-state index in [0.717, 1.165) is 18.5 Å². The van der Waals surface area contributed by atoms with Crippen molar-refractivity contribution < 1.29 is 0 Å². The molecule has 1 nitrogen and oxygen atoms in total.